The number of hydrogen-bond acceptors (Lipinski definition) is 2. The van der Waals surface area contributed by atoms with Crippen LogP contribution in [0.2, 0.25) is 0 Å². The zero-order valence-corrected chi connectivity index (χ0v) is 21.1. The third-order valence-corrected chi connectivity index (χ3v) is 5.86. The number of carbonyl (C=O) groups is 1. The van der Waals surface area contributed by atoms with Gasteiger partial charge < -0.3 is 11.1 Å². The second-order valence-electron chi connectivity index (χ2n) is 9.02. The molecule has 2 aromatic carbocycles. The molecule has 0 bridgehead atoms. The molecule has 0 spiro atoms. The predicted octanol–water partition coefficient (Wildman–Crippen LogP) is 9.16. The second-order valence-corrected chi connectivity index (χ2v) is 9.02. The molecule has 184 valence electrons. The minimum atomic E-state index is 0.144. The van der Waals surface area contributed by atoms with Crippen LogP contribution in [0.15, 0.2) is 60.7 Å². The zero-order chi connectivity index (χ0) is 23.8. The Labute approximate surface area is 203 Å². The zero-order valence-electron chi connectivity index (χ0n) is 21.1. The van der Waals surface area contributed by atoms with E-state index in [9.17, 15) is 4.79 Å². The summed E-state index contributed by atoms with van der Waals surface area (Å²) < 4.78 is 0. The molecule has 0 unspecified atom stereocenters. The lowest BCUT2D eigenvalue weighted by Gasteiger charge is -2.05. The highest BCUT2D eigenvalue weighted by Crippen LogP contribution is 2.14. The smallest absolute Gasteiger partial charge is 0.224 e. The van der Waals surface area contributed by atoms with E-state index >= 15 is 0 Å². The lowest BCUT2D eigenvalue weighted by Crippen LogP contribution is -2.10. The summed E-state index contributed by atoms with van der Waals surface area (Å²) in [6.45, 7) is 2.28. The molecule has 0 atom stereocenters. The molecule has 2 rings (SSSR count). The SMILES string of the molecule is CCCCCCCCCCCCCCCCCC(=O)Nc1ccccc1.Nc1ccccc1. The summed E-state index contributed by atoms with van der Waals surface area (Å²) >= 11 is 0. The number of unbranched alkanes of at least 4 members (excludes halogenated alkanes) is 14. The van der Waals surface area contributed by atoms with Gasteiger partial charge in [-0.2, -0.15) is 0 Å². The van der Waals surface area contributed by atoms with Crippen molar-refractivity contribution >= 4 is 17.3 Å². The molecule has 0 aliphatic heterocycles. The molecule has 3 heteroatoms. The van der Waals surface area contributed by atoms with Gasteiger partial charge in [0.05, 0.1) is 0 Å². The highest BCUT2D eigenvalue weighted by molar-refractivity contribution is 5.90. The molecule has 0 aliphatic rings. The molecule has 0 radical (unpaired) electrons. The number of benzene rings is 2. The number of carbonyl (C=O) groups excluding carboxylic acids is 1. The third-order valence-electron chi connectivity index (χ3n) is 5.86. The van der Waals surface area contributed by atoms with Crippen molar-refractivity contribution in [3.05, 3.63) is 60.7 Å². The fourth-order valence-electron chi connectivity index (χ4n) is 3.85. The van der Waals surface area contributed by atoms with Crippen LogP contribution in [0.4, 0.5) is 11.4 Å². The Kier molecular flexibility index (Phi) is 18.8. The first-order chi connectivity index (χ1) is 16.2. The van der Waals surface area contributed by atoms with Gasteiger partial charge in [0, 0.05) is 17.8 Å². The number of anilines is 2. The highest BCUT2D eigenvalue weighted by atomic mass is 16.1. The minimum absolute atomic E-state index is 0.144. The summed E-state index contributed by atoms with van der Waals surface area (Å²) in [6.07, 6.45) is 21.0. The molecule has 1 amide bonds. The first-order valence-electron chi connectivity index (χ1n) is 13.4. The summed E-state index contributed by atoms with van der Waals surface area (Å²) in [6, 6.07) is 19.2. The lowest BCUT2D eigenvalue weighted by molar-refractivity contribution is -0.116. The van der Waals surface area contributed by atoms with E-state index in [-0.39, 0.29) is 5.91 Å². The number of nitrogens with one attached hydrogen (secondary N) is 1. The van der Waals surface area contributed by atoms with Gasteiger partial charge in [0.1, 0.15) is 0 Å². The first-order valence-corrected chi connectivity index (χ1v) is 13.4. The average molecular weight is 453 g/mol. The third kappa shape index (κ3) is 18.9. The second kappa shape index (κ2) is 21.6. The van der Waals surface area contributed by atoms with E-state index in [1.165, 1.54) is 89.9 Å². The Bertz CT molecular complexity index is 672. The molecule has 33 heavy (non-hydrogen) atoms. The summed E-state index contributed by atoms with van der Waals surface area (Å²) in [7, 11) is 0. The minimum Gasteiger partial charge on any atom is -0.399 e. The van der Waals surface area contributed by atoms with Crippen LogP contribution >= 0.6 is 0 Å². The number of nitrogens with two attached hydrogens (primary N) is 1. The van der Waals surface area contributed by atoms with Crippen molar-refractivity contribution in [2.45, 2.75) is 110 Å². The van der Waals surface area contributed by atoms with Gasteiger partial charge in [0.2, 0.25) is 5.91 Å². The van der Waals surface area contributed by atoms with Gasteiger partial charge in [0.15, 0.2) is 0 Å². The van der Waals surface area contributed by atoms with E-state index in [1.54, 1.807) is 0 Å². The van der Waals surface area contributed by atoms with Crippen LogP contribution in [-0.2, 0) is 4.79 Å². The predicted molar refractivity (Wildman–Crippen MR) is 145 cm³/mol. The molecule has 0 aromatic heterocycles. The average Bonchev–Trinajstić information content (AvgIpc) is 2.83. The largest absolute Gasteiger partial charge is 0.399 e. The van der Waals surface area contributed by atoms with Crippen LogP contribution in [0.1, 0.15) is 110 Å². The molecule has 0 aliphatic carbocycles. The van der Waals surface area contributed by atoms with Crippen LogP contribution in [0.3, 0.4) is 0 Å². The molecule has 3 N–H and O–H groups in total. The van der Waals surface area contributed by atoms with Crippen LogP contribution < -0.4 is 11.1 Å². The van der Waals surface area contributed by atoms with Gasteiger partial charge in [-0.15, -0.1) is 0 Å². The maximum Gasteiger partial charge on any atom is 0.224 e. The Hall–Kier alpha value is -2.29. The Balaban J connectivity index is 0.000000657. The molecule has 0 saturated carbocycles. The standard InChI is InChI=1S/C24H41NO.C6H7N/c1-2-3-4-5-6-7-8-9-10-11-12-13-14-15-19-22-24(26)25-23-20-17-16-18-21-23;7-6-4-2-1-3-5-6/h16-18,20-21H,2-15,19,22H2,1H3,(H,25,26);1-5H,7H2. The fraction of sp³-hybridized carbons (Fsp3) is 0.567. The Morgan fingerprint density at radius 2 is 1.00 bits per heavy atom. The normalized spacial score (nSPS) is 10.3. The number of nitrogen functional groups attached to an aromatic ring is 1. The molecule has 0 saturated heterocycles. The van der Waals surface area contributed by atoms with Gasteiger partial charge in [-0.05, 0) is 30.7 Å². The van der Waals surface area contributed by atoms with Crippen LogP contribution in [-0.4, -0.2) is 5.91 Å². The molecular weight excluding hydrogens is 404 g/mol. The Morgan fingerprint density at radius 1 is 0.606 bits per heavy atom. The highest BCUT2D eigenvalue weighted by Gasteiger charge is 2.01. The maximum atomic E-state index is 11.8. The fourth-order valence-corrected chi connectivity index (χ4v) is 3.85. The van der Waals surface area contributed by atoms with Gasteiger partial charge in [-0.1, -0.05) is 133 Å². The van der Waals surface area contributed by atoms with E-state index in [1.807, 2.05) is 60.7 Å². The molecule has 0 heterocycles. The van der Waals surface area contributed by atoms with Crippen molar-refractivity contribution < 1.29 is 4.79 Å². The lowest BCUT2D eigenvalue weighted by atomic mass is 10.0. The summed E-state index contributed by atoms with van der Waals surface area (Å²) in [5, 5.41) is 2.95. The van der Waals surface area contributed by atoms with Crippen LogP contribution in [0.5, 0.6) is 0 Å². The monoisotopic (exact) mass is 452 g/mol. The maximum absolute atomic E-state index is 11.8. The molecular formula is C30H48N2O. The van der Waals surface area contributed by atoms with E-state index < -0.39 is 0 Å². The van der Waals surface area contributed by atoms with Crippen molar-refractivity contribution in [3.63, 3.8) is 0 Å². The van der Waals surface area contributed by atoms with Crippen molar-refractivity contribution in [1.82, 2.24) is 0 Å². The van der Waals surface area contributed by atoms with Crippen molar-refractivity contribution in [2.75, 3.05) is 11.1 Å². The summed E-state index contributed by atoms with van der Waals surface area (Å²) in [5.74, 6) is 0.144. The first kappa shape index (κ1) is 28.7. The molecule has 2 aromatic rings. The molecule has 3 nitrogen and oxygen atoms in total. The van der Waals surface area contributed by atoms with Gasteiger partial charge in [-0.3, -0.25) is 4.79 Å². The topological polar surface area (TPSA) is 55.1 Å². The van der Waals surface area contributed by atoms with Crippen molar-refractivity contribution in [1.29, 1.82) is 0 Å². The summed E-state index contributed by atoms with van der Waals surface area (Å²) in [4.78, 5) is 11.8. The van der Waals surface area contributed by atoms with Gasteiger partial charge in [-0.25, -0.2) is 0 Å². The van der Waals surface area contributed by atoms with Crippen LogP contribution in [0, 0.1) is 0 Å². The van der Waals surface area contributed by atoms with Crippen molar-refractivity contribution in [3.8, 4) is 0 Å². The Morgan fingerprint density at radius 3 is 1.39 bits per heavy atom. The van der Waals surface area contributed by atoms with Crippen molar-refractivity contribution in [2.24, 2.45) is 0 Å². The number of para-hydroxylation sites is 2. The van der Waals surface area contributed by atoms with E-state index in [4.69, 9.17) is 5.73 Å². The summed E-state index contributed by atoms with van der Waals surface area (Å²) in [5.41, 5.74) is 7.08. The van der Waals surface area contributed by atoms with Gasteiger partial charge >= 0.3 is 0 Å². The van der Waals surface area contributed by atoms with Crippen LogP contribution in [0.25, 0.3) is 0 Å². The molecule has 0 fully saturated rings. The quantitative estimate of drug-likeness (QED) is 0.186. The van der Waals surface area contributed by atoms with E-state index in [2.05, 4.69) is 12.2 Å². The van der Waals surface area contributed by atoms with E-state index in [0.29, 0.717) is 6.42 Å². The number of amides is 1. The number of rotatable bonds is 17. The van der Waals surface area contributed by atoms with Gasteiger partial charge in [0.25, 0.3) is 0 Å². The number of hydrogen-bond donors (Lipinski definition) is 2. The van der Waals surface area contributed by atoms with E-state index in [0.717, 1.165) is 17.8 Å².